The van der Waals surface area contributed by atoms with Gasteiger partial charge in [0.1, 0.15) is 66.5 Å². The normalized spacial score (nSPS) is 26.8. The van der Waals surface area contributed by atoms with Gasteiger partial charge in [0.25, 0.3) is 0 Å². The number of hydrogen-bond acceptors (Lipinski definition) is 21. The van der Waals surface area contributed by atoms with Crippen LogP contribution in [0, 0.1) is 0 Å². The van der Waals surface area contributed by atoms with Gasteiger partial charge in [-0.3, -0.25) is 77.1 Å². The van der Waals surface area contributed by atoms with Crippen molar-refractivity contribution in [2.24, 2.45) is 32.9 Å². The highest BCUT2D eigenvalue weighted by molar-refractivity contribution is 8.77. The number of benzene rings is 1. The molecule has 1 aromatic carbocycles. The number of guanidine groups is 2. The zero-order valence-corrected chi connectivity index (χ0v) is 54.8. The van der Waals surface area contributed by atoms with Crippen LogP contribution in [-0.4, -0.2) is 244 Å². The second-order valence-corrected chi connectivity index (χ2v) is 27.3. The molecule has 11 atom stereocenters. The molecular weight excluding hydrogens is 1320 g/mol. The zero-order chi connectivity index (χ0) is 69.3. The third-order valence-corrected chi connectivity index (χ3v) is 19.9. The van der Waals surface area contributed by atoms with E-state index in [9.17, 15) is 77.3 Å². The van der Waals surface area contributed by atoms with Gasteiger partial charge in [0.15, 0.2) is 11.9 Å². The molecule has 0 radical (unpaired) electrons. The van der Waals surface area contributed by atoms with E-state index in [1.54, 1.807) is 30.5 Å². The maximum atomic E-state index is 14.9. The average Bonchev–Trinajstić information content (AvgIpc) is 1.77. The number of aliphatic carboxylic acids is 1. The average molecular weight is 1410 g/mol. The van der Waals surface area contributed by atoms with Gasteiger partial charge in [-0.1, -0.05) is 61.4 Å². The number of rotatable bonds is 13. The number of aromatic amines is 1. The van der Waals surface area contributed by atoms with Gasteiger partial charge in [-0.15, -0.1) is 0 Å². The number of fused-ring (bicyclic) bond motifs is 10. The molecule has 23 N–H and O–H groups in total. The molecule has 4 bridgehead atoms. The smallest absolute Gasteiger partial charge is 0.305 e. The lowest BCUT2D eigenvalue weighted by atomic mass is 10.0. The number of carbonyl (C=O) groups is 14. The second kappa shape index (κ2) is 37.4. The number of amides is 13. The predicted molar refractivity (Wildman–Crippen MR) is 351 cm³/mol. The molecule has 40 heteroatoms. The van der Waals surface area contributed by atoms with Crippen LogP contribution < -0.4 is 86.7 Å². The molecule has 4 saturated heterocycles. The number of hydrogen-bond donors (Lipinski definition) is 19. The number of nitrogens with one attached hydrogen (secondary N) is 13. The van der Waals surface area contributed by atoms with Crippen molar-refractivity contribution in [3.63, 3.8) is 0 Å². The first-order valence-electron chi connectivity index (χ1n) is 30.2. The number of carboxylic acids is 1. The first kappa shape index (κ1) is 75.3. The van der Waals surface area contributed by atoms with Crippen LogP contribution in [0.4, 0.5) is 0 Å². The molecule has 4 fully saturated rings. The Hall–Kier alpha value is -8.76. The molecule has 1 unspecified atom stereocenters. The van der Waals surface area contributed by atoms with Crippen LogP contribution in [0.1, 0.15) is 63.9 Å². The fraction of sp³-hybridized carbons (Fsp3) is 0.564. The molecule has 0 spiro atoms. The van der Waals surface area contributed by atoms with Gasteiger partial charge in [0.05, 0.1) is 19.6 Å². The molecule has 0 saturated carbocycles. The number of carbonyl (C=O) groups excluding carboxylic acids is 13. The standard InChI is InChI=1S/C55H80N20O16S4/c1-26-43(81)69-32(17-27-19-63-29-8-3-2-7-28(27)29)47(85)67-30(9-4-13-61-54(56)57)45(83)72-35-22-92-95-25-38-51(89)71-34(21-76)48(86)70-33(18-42(79)80)53(91)75-16-6-11-39(75)52(90)68-31(10-5-14-62-55(58)59)46(84)73-37(49(87)65-26)24-94-93-23-36(50(88)74-38)66-41(78)20-64-40(77)12-15-60-44(35)82/h2-3,7-8,19,26,30-39,63,76H,4-6,9-18,20-25H2,1H3,(H,60,82)(H,64,77)(H,65,87)(H,66,78)(H,67,85)(H,68,90)(H,69,81)(H,70,86)(H,71,89)(H,72,83)(H,73,84)(H,74,88)(H,79,80)(H4,56,57,61)(H4,58,59,62)/t26-,30-,31-,32?,33-,34-,35-,36-,37-,38-,39-/m0/s1. The molecule has 520 valence electrons. The van der Waals surface area contributed by atoms with Crippen LogP contribution in [0.5, 0.6) is 0 Å². The van der Waals surface area contributed by atoms with Gasteiger partial charge in [-0.2, -0.15) is 0 Å². The van der Waals surface area contributed by atoms with E-state index in [0.29, 0.717) is 16.5 Å². The van der Waals surface area contributed by atoms with E-state index in [0.717, 1.165) is 48.1 Å². The molecule has 4 aliphatic rings. The number of aliphatic hydroxyl groups excluding tert-OH is 1. The van der Waals surface area contributed by atoms with Crippen molar-refractivity contribution in [1.29, 1.82) is 0 Å². The molecule has 95 heavy (non-hydrogen) atoms. The van der Waals surface area contributed by atoms with E-state index in [1.165, 1.54) is 6.92 Å². The van der Waals surface area contributed by atoms with Gasteiger partial charge < -0.3 is 107 Å². The van der Waals surface area contributed by atoms with Crippen molar-refractivity contribution in [3.05, 3.63) is 36.0 Å². The van der Waals surface area contributed by atoms with Crippen LogP contribution >= 0.6 is 43.2 Å². The number of nitrogens with two attached hydrogens (primary N) is 4. The molecule has 5 heterocycles. The fourth-order valence-electron chi connectivity index (χ4n) is 10.1. The lowest BCUT2D eigenvalue weighted by molar-refractivity contribution is -0.146. The SMILES string of the molecule is C[C@@H]1NC(=O)[C@@H]2CSSC[C@@H]3NC(=O)CNC(=O)CCNC(=O)[C@H](CSSC[C@H](NC3=O)C(=O)N[C@@H](CO)C(=O)N[C@@H](CC(=O)O)C(=O)N3CCC[C@H]3C(=O)N[C@@H](CCCN=C(N)N)C(=O)N2)NC(=O)[C@H](CCCN=C(N)N)NC(=O)C(Cc2c[nH]c3ccccc23)NC1=O. The molecule has 2 aromatic rings. The monoisotopic (exact) mass is 1400 g/mol. The number of nitrogens with zero attached hydrogens (tertiary/aromatic N) is 3. The van der Waals surface area contributed by atoms with Crippen molar-refractivity contribution in [2.45, 2.75) is 131 Å². The van der Waals surface area contributed by atoms with E-state index in [1.807, 2.05) is 0 Å². The summed E-state index contributed by atoms with van der Waals surface area (Å²) < 4.78 is 0. The Bertz CT molecular complexity index is 3230. The lowest BCUT2D eigenvalue weighted by Gasteiger charge is -2.30. The molecular formula is C55H80N20O16S4. The third-order valence-electron chi connectivity index (χ3n) is 15.0. The van der Waals surface area contributed by atoms with Crippen LogP contribution in [-0.2, 0) is 73.5 Å². The van der Waals surface area contributed by atoms with Crippen molar-refractivity contribution >= 4 is 149 Å². The quantitative estimate of drug-likeness (QED) is 0.0383. The van der Waals surface area contributed by atoms with Crippen LogP contribution in [0.3, 0.4) is 0 Å². The van der Waals surface area contributed by atoms with E-state index in [2.05, 4.69) is 78.8 Å². The number of H-pyrrole nitrogens is 1. The first-order valence-corrected chi connectivity index (χ1v) is 35.1. The minimum absolute atomic E-state index is 0.0185. The molecule has 13 amide bonds. The maximum absolute atomic E-state index is 14.9. The predicted octanol–water partition coefficient (Wildman–Crippen LogP) is -7.43. The van der Waals surface area contributed by atoms with E-state index < -0.39 is 180 Å². The third kappa shape index (κ3) is 23.6. The lowest BCUT2D eigenvalue weighted by Crippen LogP contribution is -2.61. The van der Waals surface area contributed by atoms with Crippen molar-refractivity contribution in [2.75, 3.05) is 62.3 Å². The molecule has 4 aliphatic heterocycles. The van der Waals surface area contributed by atoms with Crippen molar-refractivity contribution in [3.8, 4) is 0 Å². The molecule has 6 rings (SSSR count). The minimum atomic E-state index is -1.95. The van der Waals surface area contributed by atoms with Crippen LogP contribution in [0.15, 0.2) is 40.4 Å². The maximum Gasteiger partial charge on any atom is 0.305 e. The summed E-state index contributed by atoms with van der Waals surface area (Å²) in [5, 5.41) is 51.6. The Morgan fingerprint density at radius 1 is 0.568 bits per heavy atom. The number of carboxylic acid groups (broad SMARTS) is 1. The Balaban J connectivity index is 1.50. The Kier molecular flexibility index (Phi) is 29.6. The summed E-state index contributed by atoms with van der Waals surface area (Å²) in [6.45, 7) is -1.20. The molecule has 0 aliphatic carbocycles. The van der Waals surface area contributed by atoms with Crippen molar-refractivity contribution < 1.29 is 77.3 Å². The summed E-state index contributed by atoms with van der Waals surface area (Å²) in [6.07, 6.45) is -0.182. The summed E-state index contributed by atoms with van der Waals surface area (Å²) >= 11 is 0. The summed E-state index contributed by atoms with van der Waals surface area (Å²) in [5.41, 5.74) is 23.5. The summed E-state index contributed by atoms with van der Waals surface area (Å²) in [4.78, 5) is 211. The Labute approximate surface area is 559 Å². The topological polar surface area (TPSA) is 572 Å². The highest BCUT2D eigenvalue weighted by Gasteiger charge is 2.42. The van der Waals surface area contributed by atoms with Gasteiger partial charge >= 0.3 is 5.97 Å². The summed E-state index contributed by atoms with van der Waals surface area (Å²) in [6, 6.07) is -10.7. The van der Waals surface area contributed by atoms with Gasteiger partial charge in [-0.05, 0) is 57.1 Å². The number of aliphatic imine (C=N–C) groups is 2. The minimum Gasteiger partial charge on any atom is -0.481 e. The first-order chi connectivity index (χ1) is 45.3. The fourth-order valence-corrected chi connectivity index (χ4v) is 14.7. The number of para-hydroxylation sites is 1. The zero-order valence-electron chi connectivity index (χ0n) is 51.6. The highest BCUT2D eigenvalue weighted by Crippen LogP contribution is 2.27. The second-order valence-electron chi connectivity index (χ2n) is 22.2. The molecule has 1 aromatic heterocycles. The Morgan fingerprint density at radius 3 is 1.65 bits per heavy atom. The number of aliphatic hydroxyl groups is 1. The summed E-state index contributed by atoms with van der Waals surface area (Å²) in [7, 11) is 3.48. The van der Waals surface area contributed by atoms with Crippen LogP contribution in [0.25, 0.3) is 10.9 Å². The van der Waals surface area contributed by atoms with Crippen LogP contribution in [0.2, 0.25) is 0 Å². The number of aromatic nitrogens is 1. The van der Waals surface area contributed by atoms with E-state index in [-0.39, 0.29) is 101 Å². The largest absolute Gasteiger partial charge is 0.481 e. The Morgan fingerprint density at radius 2 is 1.06 bits per heavy atom. The highest BCUT2D eigenvalue weighted by atomic mass is 33.1. The summed E-state index contributed by atoms with van der Waals surface area (Å²) in [5.74, 6) is -16.5. The van der Waals surface area contributed by atoms with E-state index in [4.69, 9.17) is 22.9 Å². The van der Waals surface area contributed by atoms with Gasteiger partial charge in [0.2, 0.25) is 76.8 Å². The molecule has 36 nitrogen and oxygen atoms in total. The van der Waals surface area contributed by atoms with Gasteiger partial charge in [-0.25, -0.2) is 0 Å². The van der Waals surface area contributed by atoms with Gasteiger partial charge in [0, 0.05) is 79.1 Å². The van der Waals surface area contributed by atoms with E-state index >= 15 is 0 Å². The van der Waals surface area contributed by atoms with Crippen molar-refractivity contribution in [1.82, 2.24) is 73.7 Å².